The third-order valence-corrected chi connectivity index (χ3v) is 5.41. The molecule has 0 fully saturated rings. The number of ether oxygens (including phenoxy) is 2. The molecule has 9 heteroatoms. The summed E-state index contributed by atoms with van der Waals surface area (Å²) >= 11 is 0. The van der Waals surface area contributed by atoms with Crippen molar-refractivity contribution in [3.63, 3.8) is 0 Å². The van der Waals surface area contributed by atoms with Gasteiger partial charge in [-0.15, -0.1) is 0 Å². The lowest BCUT2D eigenvalue weighted by Gasteiger charge is -2.29. The predicted molar refractivity (Wildman–Crippen MR) is 135 cm³/mol. The van der Waals surface area contributed by atoms with Gasteiger partial charge in [-0.3, -0.25) is 4.79 Å². The third kappa shape index (κ3) is 7.23. The van der Waals surface area contributed by atoms with Gasteiger partial charge in [0.25, 0.3) is 0 Å². The summed E-state index contributed by atoms with van der Waals surface area (Å²) in [5.74, 6) is -0.316. The van der Waals surface area contributed by atoms with Crippen molar-refractivity contribution in [2.75, 3.05) is 19.0 Å². The van der Waals surface area contributed by atoms with E-state index in [-0.39, 0.29) is 24.5 Å². The first-order valence-electron chi connectivity index (χ1n) is 11.3. The van der Waals surface area contributed by atoms with Crippen LogP contribution in [0.5, 0.6) is 11.5 Å². The number of hydrazine groups is 1. The molecule has 9 nitrogen and oxygen atoms in total. The molecule has 36 heavy (non-hydrogen) atoms. The second-order valence-electron chi connectivity index (χ2n) is 8.16. The summed E-state index contributed by atoms with van der Waals surface area (Å²) in [6.07, 6.45) is 0.0273. The van der Waals surface area contributed by atoms with Crippen molar-refractivity contribution >= 4 is 23.6 Å². The first kappa shape index (κ1) is 26.1. The predicted octanol–water partition coefficient (Wildman–Crippen LogP) is 4.28. The molecule has 0 saturated heterocycles. The number of nitrogens with zero attached hydrogens (tertiary/aromatic N) is 1. The van der Waals surface area contributed by atoms with Crippen LogP contribution in [0, 0.1) is 6.92 Å². The van der Waals surface area contributed by atoms with Crippen molar-refractivity contribution < 1.29 is 29.0 Å². The van der Waals surface area contributed by atoms with Crippen LogP contribution in [-0.2, 0) is 11.2 Å². The maximum absolute atomic E-state index is 13.3. The summed E-state index contributed by atoms with van der Waals surface area (Å²) < 4.78 is 11.0. The number of anilines is 1. The van der Waals surface area contributed by atoms with E-state index >= 15 is 0 Å². The average Bonchev–Trinajstić information content (AvgIpc) is 2.87. The van der Waals surface area contributed by atoms with E-state index in [1.807, 2.05) is 19.1 Å². The number of rotatable bonds is 9. The topological polar surface area (TPSA) is 117 Å². The van der Waals surface area contributed by atoms with Gasteiger partial charge >= 0.3 is 12.0 Å². The number of carboxylic acids is 1. The number of amides is 3. The van der Waals surface area contributed by atoms with E-state index in [0.29, 0.717) is 17.2 Å². The van der Waals surface area contributed by atoms with Crippen LogP contribution in [0.4, 0.5) is 10.5 Å². The monoisotopic (exact) mass is 491 g/mol. The molecule has 1 atom stereocenters. The molecule has 0 saturated carbocycles. The molecule has 0 aliphatic carbocycles. The van der Waals surface area contributed by atoms with Crippen LogP contribution in [0.1, 0.15) is 28.4 Å². The maximum Gasteiger partial charge on any atom is 0.338 e. The molecule has 0 radical (unpaired) electrons. The third-order valence-electron chi connectivity index (χ3n) is 5.41. The van der Waals surface area contributed by atoms with E-state index in [2.05, 4.69) is 10.7 Å². The van der Waals surface area contributed by atoms with Crippen LogP contribution < -0.4 is 20.2 Å². The van der Waals surface area contributed by atoms with E-state index < -0.39 is 18.0 Å². The summed E-state index contributed by atoms with van der Waals surface area (Å²) in [6.45, 7) is 3.66. The molecule has 0 aromatic heterocycles. The summed E-state index contributed by atoms with van der Waals surface area (Å²) in [6, 6.07) is 19.3. The Morgan fingerprint density at radius 3 is 2.36 bits per heavy atom. The fourth-order valence-electron chi connectivity index (χ4n) is 3.42. The number of hydrogen-bond acceptors (Lipinski definition) is 5. The van der Waals surface area contributed by atoms with Gasteiger partial charge in [-0.05, 0) is 67.4 Å². The first-order valence-corrected chi connectivity index (χ1v) is 11.3. The number of para-hydroxylation sites is 1. The van der Waals surface area contributed by atoms with Gasteiger partial charge in [0.1, 0.15) is 18.1 Å². The number of methoxy groups -OCH3 is 1. The normalized spacial score (nSPS) is 11.2. The zero-order valence-electron chi connectivity index (χ0n) is 20.4. The van der Waals surface area contributed by atoms with Gasteiger partial charge < -0.3 is 19.9 Å². The number of aryl methyl sites for hydroxylation is 1. The van der Waals surface area contributed by atoms with E-state index in [1.54, 1.807) is 50.4 Å². The molecule has 0 aliphatic heterocycles. The van der Waals surface area contributed by atoms with Gasteiger partial charge in [0.05, 0.1) is 25.1 Å². The Morgan fingerprint density at radius 2 is 1.69 bits per heavy atom. The minimum Gasteiger partial charge on any atom is -0.497 e. The Bertz CT molecular complexity index is 1210. The van der Waals surface area contributed by atoms with E-state index in [9.17, 15) is 14.4 Å². The minimum atomic E-state index is -1.03. The summed E-state index contributed by atoms with van der Waals surface area (Å²) in [5, 5.41) is 13.0. The molecule has 3 rings (SSSR count). The first-order chi connectivity index (χ1) is 17.3. The maximum atomic E-state index is 13.3. The molecule has 3 amide bonds. The lowest BCUT2D eigenvalue weighted by molar-refractivity contribution is -0.135. The highest BCUT2D eigenvalue weighted by Crippen LogP contribution is 2.17. The number of benzene rings is 3. The molecule has 3 N–H and O–H groups in total. The Kier molecular flexibility index (Phi) is 8.88. The second-order valence-corrected chi connectivity index (χ2v) is 8.16. The molecule has 0 bridgehead atoms. The van der Waals surface area contributed by atoms with Crippen LogP contribution in [0.2, 0.25) is 0 Å². The number of hydrogen-bond donors (Lipinski definition) is 3. The van der Waals surface area contributed by atoms with Crippen molar-refractivity contribution in [1.29, 1.82) is 0 Å². The molecular weight excluding hydrogens is 462 g/mol. The van der Waals surface area contributed by atoms with Crippen LogP contribution in [-0.4, -0.2) is 47.8 Å². The number of nitrogens with one attached hydrogen (secondary N) is 2. The van der Waals surface area contributed by atoms with Crippen molar-refractivity contribution in [2.24, 2.45) is 0 Å². The van der Waals surface area contributed by atoms with Crippen molar-refractivity contribution in [2.45, 2.75) is 26.3 Å². The zero-order chi connectivity index (χ0) is 26.1. The molecule has 0 unspecified atom stereocenters. The van der Waals surface area contributed by atoms with Gasteiger partial charge in [0, 0.05) is 5.69 Å². The van der Waals surface area contributed by atoms with Gasteiger partial charge in [-0.25, -0.2) is 20.0 Å². The van der Waals surface area contributed by atoms with Crippen molar-refractivity contribution in [3.05, 3.63) is 89.5 Å². The fourth-order valence-corrected chi connectivity index (χ4v) is 3.42. The zero-order valence-corrected chi connectivity index (χ0v) is 20.4. The number of carboxylic acid groups (broad SMARTS) is 1. The van der Waals surface area contributed by atoms with Crippen LogP contribution >= 0.6 is 0 Å². The van der Waals surface area contributed by atoms with Gasteiger partial charge in [-0.1, -0.05) is 30.3 Å². The number of aromatic carboxylic acids is 1. The van der Waals surface area contributed by atoms with Gasteiger partial charge in [-0.2, -0.15) is 0 Å². The molecule has 3 aromatic rings. The van der Waals surface area contributed by atoms with E-state index in [0.717, 1.165) is 11.1 Å². The molecule has 3 aromatic carbocycles. The molecule has 0 heterocycles. The molecular formula is C27H29N3O6. The highest BCUT2D eigenvalue weighted by molar-refractivity contribution is 5.92. The molecule has 188 valence electrons. The summed E-state index contributed by atoms with van der Waals surface area (Å²) in [7, 11) is 1.55. The van der Waals surface area contributed by atoms with Crippen LogP contribution in [0.15, 0.2) is 72.8 Å². The van der Waals surface area contributed by atoms with Gasteiger partial charge in [0.15, 0.2) is 0 Å². The quantitative estimate of drug-likeness (QED) is 0.385. The minimum absolute atomic E-state index is 0.0273. The van der Waals surface area contributed by atoms with Crippen LogP contribution in [0.25, 0.3) is 0 Å². The summed E-state index contributed by atoms with van der Waals surface area (Å²) in [4.78, 5) is 37.1. The molecule has 0 spiro atoms. The summed E-state index contributed by atoms with van der Waals surface area (Å²) in [5.41, 5.74) is 5.01. The van der Waals surface area contributed by atoms with E-state index in [1.165, 1.54) is 29.3 Å². The lowest BCUT2D eigenvalue weighted by atomic mass is 10.1. The average molecular weight is 492 g/mol. The Morgan fingerprint density at radius 1 is 0.972 bits per heavy atom. The fraction of sp³-hybridized carbons (Fsp3) is 0.222. The Balaban J connectivity index is 1.73. The highest BCUT2D eigenvalue weighted by Gasteiger charge is 2.24. The number of carbonyl (C=O) groups is 3. The Hall–Kier alpha value is -4.53. The van der Waals surface area contributed by atoms with Crippen molar-refractivity contribution in [1.82, 2.24) is 10.4 Å². The highest BCUT2D eigenvalue weighted by atomic mass is 16.5. The molecule has 0 aliphatic rings. The van der Waals surface area contributed by atoms with E-state index in [4.69, 9.17) is 14.6 Å². The Labute approximate surface area is 209 Å². The number of carbonyl (C=O) groups excluding carboxylic acids is 2. The van der Waals surface area contributed by atoms with Gasteiger partial charge in [0.2, 0.25) is 5.91 Å². The largest absolute Gasteiger partial charge is 0.497 e. The number of urea groups is 1. The van der Waals surface area contributed by atoms with Crippen molar-refractivity contribution in [3.8, 4) is 11.5 Å². The smallest absolute Gasteiger partial charge is 0.338 e. The SMILES string of the molecule is COc1cccc(CC(=O)N(NC(=O)Nc2ccccc2C)[C@@H](C)COc2ccc(C(=O)O)cc2)c1. The lowest BCUT2D eigenvalue weighted by Crippen LogP contribution is -2.54. The standard InChI is InChI=1S/C27H29N3O6/c1-18-7-4-5-10-24(18)28-27(34)29-30(25(31)16-20-8-6-9-23(15-20)35-3)19(2)17-36-22-13-11-21(12-14-22)26(32)33/h4-15,19H,16-17H2,1-3H3,(H,32,33)(H2,28,29,34)/t19-/m0/s1. The van der Waals surface area contributed by atoms with Crippen LogP contribution in [0.3, 0.4) is 0 Å². The second kappa shape index (κ2) is 12.3.